The molecule has 0 fully saturated rings. The Morgan fingerprint density at radius 1 is 1.20 bits per heavy atom. The van der Waals surface area contributed by atoms with Crippen molar-refractivity contribution < 1.29 is 4.79 Å². The minimum Gasteiger partial charge on any atom is -0.398 e. The highest BCUT2D eigenvalue weighted by atomic mass is 79.9. The van der Waals surface area contributed by atoms with E-state index in [0.29, 0.717) is 22.0 Å². The molecule has 2 aromatic rings. The van der Waals surface area contributed by atoms with Gasteiger partial charge >= 0.3 is 0 Å². The third kappa shape index (κ3) is 3.32. The Bertz CT molecular complexity index is 666. The average molecular weight is 354 g/mol. The number of nitrogen functional groups attached to an aromatic ring is 1. The Labute approximate surface area is 131 Å². The number of amides is 1. The number of anilines is 2. The zero-order chi connectivity index (χ0) is 14.9. The third-order valence-corrected chi connectivity index (χ3v) is 3.78. The van der Waals surface area contributed by atoms with E-state index >= 15 is 0 Å². The number of carbonyl (C=O) groups is 1. The summed E-state index contributed by atoms with van der Waals surface area (Å²) < 4.78 is 0.788. The van der Waals surface area contributed by atoms with Gasteiger partial charge in [0, 0.05) is 20.7 Å². The second-order valence-corrected chi connectivity index (χ2v) is 5.95. The molecule has 0 aliphatic carbocycles. The molecule has 0 heterocycles. The van der Waals surface area contributed by atoms with Crippen molar-refractivity contribution in [2.45, 2.75) is 13.8 Å². The van der Waals surface area contributed by atoms with Crippen LogP contribution in [0, 0.1) is 13.8 Å². The predicted molar refractivity (Wildman–Crippen MR) is 87.4 cm³/mol. The first-order chi connectivity index (χ1) is 9.36. The Balaban J connectivity index is 2.30. The van der Waals surface area contributed by atoms with E-state index in [0.717, 1.165) is 15.6 Å². The fourth-order valence-electron chi connectivity index (χ4n) is 1.85. The highest BCUT2D eigenvalue weighted by Crippen LogP contribution is 2.28. The number of carbonyl (C=O) groups excluding carboxylic acids is 1. The topological polar surface area (TPSA) is 55.1 Å². The van der Waals surface area contributed by atoms with E-state index in [9.17, 15) is 4.79 Å². The fraction of sp³-hybridized carbons (Fsp3) is 0.133. The first-order valence-corrected chi connectivity index (χ1v) is 7.18. The molecule has 0 bridgehead atoms. The van der Waals surface area contributed by atoms with Crippen LogP contribution < -0.4 is 11.1 Å². The van der Waals surface area contributed by atoms with Gasteiger partial charge in [0.2, 0.25) is 0 Å². The molecule has 0 atom stereocenters. The third-order valence-electron chi connectivity index (χ3n) is 2.91. The summed E-state index contributed by atoms with van der Waals surface area (Å²) in [6.45, 7) is 3.80. The van der Waals surface area contributed by atoms with Gasteiger partial charge in [-0.25, -0.2) is 0 Å². The molecule has 2 rings (SSSR count). The van der Waals surface area contributed by atoms with Crippen molar-refractivity contribution in [3.8, 4) is 0 Å². The summed E-state index contributed by atoms with van der Waals surface area (Å²) in [7, 11) is 0. The Morgan fingerprint density at radius 2 is 1.90 bits per heavy atom. The highest BCUT2D eigenvalue weighted by Gasteiger charge is 2.11. The molecular weight excluding hydrogens is 340 g/mol. The first kappa shape index (κ1) is 14.9. The number of nitrogens with two attached hydrogens (primary N) is 1. The van der Waals surface area contributed by atoms with Crippen LogP contribution in [0.4, 0.5) is 11.4 Å². The molecule has 0 saturated heterocycles. The maximum atomic E-state index is 12.2. The maximum absolute atomic E-state index is 12.2. The van der Waals surface area contributed by atoms with Gasteiger partial charge in [0.15, 0.2) is 0 Å². The van der Waals surface area contributed by atoms with Crippen molar-refractivity contribution in [1.29, 1.82) is 0 Å². The van der Waals surface area contributed by atoms with Crippen molar-refractivity contribution in [3.63, 3.8) is 0 Å². The van der Waals surface area contributed by atoms with E-state index in [2.05, 4.69) is 21.2 Å². The van der Waals surface area contributed by atoms with E-state index in [4.69, 9.17) is 17.3 Å². The maximum Gasteiger partial charge on any atom is 0.255 e. The van der Waals surface area contributed by atoms with Gasteiger partial charge < -0.3 is 11.1 Å². The number of aryl methyl sites for hydroxylation is 2. The monoisotopic (exact) mass is 352 g/mol. The molecule has 5 heteroatoms. The molecule has 0 spiro atoms. The second-order valence-electron chi connectivity index (χ2n) is 4.66. The zero-order valence-corrected chi connectivity index (χ0v) is 13.5. The number of benzene rings is 2. The van der Waals surface area contributed by atoms with Crippen molar-refractivity contribution in [1.82, 2.24) is 0 Å². The van der Waals surface area contributed by atoms with Gasteiger partial charge in [0.25, 0.3) is 5.91 Å². The zero-order valence-electron chi connectivity index (χ0n) is 11.1. The molecule has 3 nitrogen and oxygen atoms in total. The lowest BCUT2D eigenvalue weighted by atomic mass is 10.1. The van der Waals surface area contributed by atoms with Crippen LogP contribution in [0.5, 0.6) is 0 Å². The van der Waals surface area contributed by atoms with E-state index in [1.807, 2.05) is 19.9 Å². The lowest BCUT2D eigenvalue weighted by molar-refractivity contribution is 0.102. The van der Waals surface area contributed by atoms with Crippen LogP contribution in [-0.4, -0.2) is 5.91 Å². The van der Waals surface area contributed by atoms with Crippen LogP contribution in [0.15, 0.2) is 34.8 Å². The van der Waals surface area contributed by atoms with Crippen LogP contribution in [0.2, 0.25) is 5.02 Å². The van der Waals surface area contributed by atoms with Crippen LogP contribution >= 0.6 is 27.5 Å². The van der Waals surface area contributed by atoms with Crippen molar-refractivity contribution in [2.24, 2.45) is 0 Å². The fourth-order valence-corrected chi connectivity index (χ4v) is 2.69. The number of halogens is 2. The average Bonchev–Trinajstić information content (AvgIpc) is 2.34. The van der Waals surface area contributed by atoms with Gasteiger partial charge in [-0.3, -0.25) is 4.79 Å². The SMILES string of the molecule is Cc1cc(Cl)cc(C(=O)Nc2cc(N)c(C)cc2Br)c1. The molecule has 3 N–H and O–H groups in total. The second kappa shape index (κ2) is 5.85. The summed E-state index contributed by atoms with van der Waals surface area (Å²) in [6.07, 6.45) is 0. The lowest BCUT2D eigenvalue weighted by Crippen LogP contribution is -2.13. The Hall–Kier alpha value is -1.52. The molecule has 0 aliphatic rings. The molecular formula is C15H14BrClN2O. The van der Waals surface area contributed by atoms with Crippen LogP contribution in [0.25, 0.3) is 0 Å². The van der Waals surface area contributed by atoms with E-state index in [-0.39, 0.29) is 5.91 Å². The summed E-state index contributed by atoms with van der Waals surface area (Å²) in [4.78, 5) is 12.2. The quantitative estimate of drug-likeness (QED) is 0.778. The van der Waals surface area contributed by atoms with Crippen molar-refractivity contribution >= 4 is 44.8 Å². The number of rotatable bonds is 2. The number of nitrogens with one attached hydrogen (secondary N) is 1. The number of hydrogen-bond acceptors (Lipinski definition) is 2. The highest BCUT2D eigenvalue weighted by molar-refractivity contribution is 9.10. The molecule has 0 saturated carbocycles. The molecule has 1 amide bonds. The molecule has 0 unspecified atom stereocenters. The molecule has 104 valence electrons. The minimum absolute atomic E-state index is 0.223. The summed E-state index contributed by atoms with van der Waals surface area (Å²) >= 11 is 9.38. The standard InChI is InChI=1S/C15H14BrClN2O/c1-8-3-10(6-11(17)4-8)15(20)19-14-7-13(18)9(2)5-12(14)16/h3-7H,18H2,1-2H3,(H,19,20). The van der Waals surface area contributed by atoms with Crippen LogP contribution in [0.1, 0.15) is 21.5 Å². The Kier molecular flexibility index (Phi) is 4.35. The van der Waals surface area contributed by atoms with Crippen molar-refractivity contribution in [3.05, 3.63) is 56.5 Å². The summed E-state index contributed by atoms with van der Waals surface area (Å²) in [5, 5.41) is 3.36. The van der Waals surface area contributed by atoms with Gasteiger partial charge in [-0.1, -0.05) is 11.6 Å². The molecule has 20 heavy (non-hydrogen) atoms. The lowest BCUT2D eigenvalue weighted by Gasteiger charge is -2.11. The molecule has 2 aromatic carbocycles. The van der Waals surface area contributed by atoms with E-state index in [1.54, 1.807) is 24.3 Å². The van der Waals surface area contributed by atoms with Crippen LogP contribution in [0.3, 0.4) is 0 Å². The van der Waals surface area contributed by atoms with E-state index < -0.39 is 0 Å². The largest absolute Gasteiger partial charge is 0.398 e. The normalized spacial score (nSPS) is 10.4. The molecule has 0 aromatic heterocycles. The molecule has 0 aliphatic heterocycles. The smallest absolute Gasteiger partial charge is 0.255 e. The predicted octanol–water partition coefficient (Wildman–Crippen LogP) is 4.55. The summed E-state index contributed by atoms with van der Waals surface area (Å²) in [6, 6.07) is 8.82. The first-order valence-electron chi connectivity index (χ1n) is 6.01. The van der Waals surface area contributed by atoms with Gasteiger partial charge in [-0.05, 0) is 71.2 Å². The van der Waals surface area contributed by atoms with Gasteiger partial charge in [0.1, 0.15) is 0 Å². The Morgan fingerprint density at radius 3 is 2.55 bits per heavy atom. The minimum atomic E-state index is -0.223. The van der Waals surface area contributed by atoms with E-state index in [1.165, 1.54) is 0 Å². The summed E-state index contributed by atoms with van der Waals surface area (Å²) in [5.74, 6) is -0.223. The molecule has 0 radical (unpaired) electrons. The summed E-state index contributed by atoms with van der Waals surface area (Å²) in [5.41, 5.74) is 9.53. The van der Waals surface area contributed by atoms with Crippen molar-refractivity contribution in [2.75, 3.05) is 11.1 Å². The van der Waals surface area contributed by atoms with Gasteiger partial charge in [-0.2, -0.15) is 0 Å². The van der Waals surface area contributed by atoms with Gasteiger partial charge in [-0.15, -0.1) is 0 Å². The van der Waals surface area contributed by atoms with Crippen LogP contribution in [-0.2, 0) is 0 Å². The van der Waals surface area contributed by atoms with Gasteiger partial charge in [0.05, 0.1) is 5.69 Å². The number of hydrogen-bond donors (Lipinski definition) is 2.